The second-order valence-electron chi connectivity index (χ2n) is 5.83. The molecule has 0 radical (unpaired) electrons. The largest absolute Gasteiger partial charge is 0.497 e. The van der Waals surface area contributed by atoms with Crippen molar-refractivity contribution in [2.45, 2.75) is 17.8 Å². The molecule has 0 aliphatic heterocycles. The monoisotopic (exact) mass is 434 g/mol. The summed E-state index contributed by atoms with van der Waals surface area (Å²) < 4.78 is 5.90. The van der Waals surface area contributed by atoms with Gasteiger partial charge in [0.05, 0.1) is 12.9 Å². The zero-order chi connectivity index (χ0) is 19.9. The van der Waals surface area contributed by atoms with Crippen LogP contribution in [-0.2, 0) is 11.3 Å². The Bertz CT molecular complexity index is 965. The van der Waals surface area contributed by atoms with Gasteiger partial charge in [-0.15, -0.1) is 10.2 Å². The van der Waals surface area contributed by atoms with Crippen molar-refractivity contribution < 1.29 is 9.53 Å². The van der Waals surface area contributed by atoms with Crippen molar-refractivity contribution in [1.82, 2.24) is 15.5 Å². The molecule has 0 bridgehead atoms. The lowest BCUT2D eigenvalue weighted by Crippen LogP contribution is -2.24. The summed E-state index contributed by atoms with van der Waals surface area (Å²) in [7, 11) is 1.62. The fourth-order valence-electron chi connectivity index (χ4n) is 2.34. The van der Waals surface area contributed by atoms with E-state index in [1.165, 1.54) is 23.1 Å². The fourth-order valence-corrected chi connectivity index (χ4v) is 4.11. The summed E-state index contributed by atoms with van der Waals surface area (Å²) in [5.74, 6) is 0.975. The van der Waals surface area contributed by atoms with Crippen LogP contribution < -0.4 is 15.4 Å². The molecule has 1 aromatic heterocycles. The maximum atomic E-state index is 12.1. The number of benzene rings is 2. The summed E-state index contributed by atoms with van der Waals surface area (Å²) >= 11 is 8.88. The smallest absolute Gasteiger partial charge is 0.230 e. The van der Waals surface area contributed by atoms with Crippen molar-refractivity contribution in [2.75, 3.05) is 18.2 Å². The minimum atomic E-state index is -0.0665. The zero-order valence-corrected chi connectivity index (χ0v) is 17.7. The summed E-state index contributed by atoms with van der Waals surface area (Å²) in [5.41, 5.74) is 2.82. The normalized spacial score (nSPS) is 10.5. The SMILES string of the molecule is COc1cccc(CNC(=O)CSc2nnc(Nc3cccc(Cl)c3C)s2)c1. The van der Waals surface area contributed by atoms with Crippen molar-refractivity contribution in [3.8, 4) is 5.75 Å². The van der Waals surface area contributed by atoms with Gasteiger partial charge in [-0.05, 0) is 42.3 Å². The second kappa shape index (κ2) is 9.77. The van der Waals surface area contributed by atoms with E-state index in [-0.39, 0.29) is 11.7 Å². The minimum Gasteiger partial charge on any atom is -0.497 e. The fraction of sp³-hybridized carbons (Fsp3) is 0.211. The van der Waals surface area contributed by atoms with Gasteiger partial charge in [-0.3, -0.25) is 4.79 Å². The number of thioether (sulfide) groups is 1. The number of hydrogen-bond donors (Lipinski definition) is 2. The van der Waals surface area contributed by atoms with E-state index in [1.807, 2.05) is 49.4 Å². The van der Waals surface area contributed by atoms with Crippen LogP contribution in [0, 0.1) is 6.92 Å². The number of nitrogens with zero attached hydrogens (tertiary/aromatic N) is 2. The van der Waals surface area contributed by atoms with Gasteiger partial charge in [0, 0.05) is 17.3 Å². The molecular formula is C19H19ClN4O2S2. The van der Waals surface area contributed by atoms with Crippen LogP contribution in [0.2, 0.25) is 5.02 Å². The standard InChI is InChI=1S/C19H19ClN4O2S2/c1-12-15(20)7-4-8-16(12)22-18-23-24-19(28-18)27-11-17(25)21-10-13-5-3-6-14(9-13)26-2/h3-9H,10-11H2,1-2H3,(H,21,25)(H,22,23). The highest BCUT2D eigenvalue weighted by Crippen LogP contribution is 2.30. The van der Waals surface area contributed by atoms with Crippen LogP contribution in [0.1, 0.15) is 11.1 Å². The van der Waals surface area contributed by atoms with E-state index in [1.54, 1.807) is 7.11 Å². The first-order valence-electron chi connectivity index (χ1n) is 8.43. The molecule has 9 heteroatoms. The Hall–Kier alpha value is -2.29. The molecule has 146 valence electrons. The molecule has 2 N–H and O–H groups in total. The number of carbonyl (C=O) groups excluding carboxylic acids is 1. The van der Waals surface area contributed by atoms with Crippen LogP contribution in [0.25, 0.3) is 0 Å². The molecule has 0 aliphatic carbocycles. The number of nitrogens with one attached hydrogen (secondary N) is 2. The number of halogens is 1. The number of anilines is 2. The Morgan fingerprint density at radius 1 is 1.25 bits per heavy atom. The highest BCUT2D eigenvalue weighted by molar-refractivity contribution is 8.01. The Balaban J connectivity index is 1.48. The number of carbonyl (C=O) groups is 1. The van der Waals surface area contributed by atoms with Gasteiger partial charge >= 0.3 is 0 Å². The van der Waals surface area contributed by atoms with Crippen molar-refractivity contribution in [3.05, 3.63) is 58.6 Å². The predicted octanol–water partition coefficient (Wildman–Crippen LogP) is 4.66. The molecule has 28 heavy (non-hydrogen) atoms. The lowest BCUT2D eigenvalue weighted by atomic mass is 10.2. The van der Waals surface area contributed by atoms with Crippen LogP contribution in [0.5, 0.6) is 5.75 Å². The first kappa shape index (κ1) is 20.4. The average Bonchev–Trinajstić information content (AvgIpc) is 3.16. The molecule has 0 fully saturated rings. The molecule has 6 nitrogen and oxygen atoms in total. The van der Waals surface area contributed by atoms with Crippen LogP contribution in [-0.4, -0.2) is 29.0 Å². The molecule has 0 aliphatic rings. The number of rotatable bonds is 8. The van der Waals surface area contributed by atoms with E-state index in [0.29, 0.717) is 16.7 Å². The van der Waals surface area contributed by atoms with Gasteiger partial charge in [0.1, 0.15) is 5.75 Å². The van der Waals surface area contributed by atoms with Crippen LogP contribution in [0.3, 0.4) is 0 Å². The molecule has 1 amide bonds. The van der Waals surface area contributed by atoms with Crippen LogP contribution in [0.15, 0.2) is 46.8 Å². The zero-order valence-electron chi connectivity index (χ0n) is 15.4. The van der Waals surface area contributed by atoms with Crippen molar-refractivity contribution >= 4 is 51.4 Å². The van der Waals surface area contributed by atoms with Gasteiger partial charge < -0.3 is 15.4 Å². The number of methoxy groups -OCH3 is 1. The van der Waals surface area contributed by atoms with E-state index in [0.717, 1.165) is 26.9 Å². The van der Waals surface area contributed by atoms with Gasteiger partial charge in [-0.1, -0.05) is 52.9 Å². The van der Waals surface area contributed by atoms with Crippen molar-refractivity contribution in [3.63, 3.8) is 0 Å². The Labute approximate surface area is 176 Å². The highest BCUT2D eigenvalue weighted by atomic mass is 35.5. The molecule has 0 atom stereocenters. The molecule has 1 heterocycles. The van der Waals surface area contributed by atoms with Gasteiger partial charge in [0.15, 0.2) is 4.34 Å². The van der Waals surface area contributed by atoms with Gasteiger partial charge in [0.25, 0.3) is 0 Å². The van der Waals surface area contributed by atoms with E-state index in [4.69, 9.17) is 16.3 Å². The predicted molar refractivity (Wildman–Crippen MR) is 115 cm³/mol. The molecule has 0 saturated carbocycles. The highest BCUT2D eigenvalue weighted by Gasteiger charge is 2.10. The summed E-state index contributed by atoms with van der Waals surface area (Å²) in [5, 5.41) is 15.7. The number of ether oxygens (including phenoxy) is 1. The van der Waals surface area contributed by atoms with E-state index >= 15 is 0 Å². The molecule has 0 saturated heterocycles. The lowest BCUT2D eigenvalue weighted by molar-refractivity contribution is -0.118. The lowest BCUT2D eigenvalue weighted by Gasteiger charge is -2.07. The molecule has 0 unspecified atom stereocenters. The molecule has 0 spiro atoms. The van der Waals surface area contributed by atoms with Crippen molar-refractivity contribution in [1.29, 1.82) is 0 Å². The average molecular weight is 435 g/mol. The van der Waals surface area contributed by atoms with E-state index in [9.17, 15) is 4.79 Å². The second-order valence-corrected chi connectivity index (χ2v) is 8.43. The summed E-state index contributed by atoms with van der Waals surface area (Å²) in [6.45, 7) is 2.39. The van der Waals surface area contributed by atoms with Gasteiger partial charge in [0.2, 0.25) is 11.0 Å². The molecule has 2 aromatic carbocycles. The summed E-state index contributed by atoms with van der Waals surface area (Å²) in [4.78, 5) is 12.1. The third-order valence-electron chi connectivity index (χ3n) is 3.87. The molecular weight excluding hydrogens is 416 g/mol. The minimum absolute atomic E-state index is 0.0665. The Morgan fingerprint density at radius 3 is 2.89 bits per heavy atom. The quantitative estimate of drug-likeness (QED) is 0.502. The number of hydrogen-bond acceptors (Lipinski definition) is 7. The van der Waals surface area contributed by atoms with Gasteiger partial charge in [-0.2, -0.15) is 0 Å². The Kier molecular flexibility index (Phi) is 7.13. The number of amides is 1. The molecule has 3 aromatic rings. The third kappa shape index (κ3) is 5.60. The van der Waals surface area contributed by atoms with Crippen molar-refractivity contribution in [2.24, 2.45) is 0 Å². The first-order chi connectivity index (χ1) is 13.5. The maximum absolute atomic E-state index is 12.1. The van der Waals surface area contributed by atoms with Crippen LogP contribution in [0.4, 0.5) is 10.8 Å². The molecule has 3 rings (SSSR count). The van der Waals surface area contributed by atoms with Gasteiger partial charge in [-0.25, -0.2) is 0 Å². The van der Waals surface area contributed by atoms with E-state index < -0.39 is 0 Å². The summed E-state index contributed by atoms with van der Waals surface area (Å²) in [6.07, 6.45) is 0. The maximum Gasteiger partial charge on any atom is 0.230 e. The number of aromatic nitrogens is 2. The van der Waals surface area contributed by atoms with Crippen LogP contribution >= 0.6 is 34.7 Å². The third-order valence-corrected chi connectivity index (χ3v) is 6.25. The van der Waals surface area contributed by atoms with E-state index in [2.05, 4.69) is 20.8 Å². The Morgan fingerprint density at radius 2 is 2.07 bits per heavy atom. The topological polar surface area (TPSA) is 76.1 Å². The first-order valence-corrected chi connectivity index (χ1v) is 10.6. The summed E-state index contributed by atoms with van der Waals surface area (Å²) in [6, 6.07) is 13.3.